The van der Waals surface area contributed by atoms with E-state index in [0.29, 0.717) is 32.5 Å². The molecule has 0 radical (unpaired) electrons. The summed E-state index contributed by atoms with van der Waals surface area (Å²) in [7, 11) is 0. The molecule has 1 saturated heterocycles. The van der Waals surface area contributed by atoms with Gasteiger partial charge in [0.2, 0.25) is 5.91 Å². The molecule has 2 aliphatic rings. The molecule has 34 heavy (non-hydrogen) atoms. The lowest BCUT2D eigenvalue weighted by molar-refractivity contribution is -0.148. The Balaban J connectivity index is 1.60. The lowest BCUT2D eigenvalue weighted by Crippen LogP contribution is -2.59. The fourth-order valence-corrected chi connectivity index (χ4v) is 5.33. The van der Waals surface area contributed by atoms with E-state index in [1.807, 2.05) is 37.3 Å². The van der Waals surface area contributed by atoms with Gasteiger partial charge in [-0.2, -0.15) is 0 Å². The van der Waals surface area contributed by atoms with Gasteiger partial charge in [-0.15, -0.1) is 0 Å². The number of benzene rings is 1. The van der Waals surface area contributed by atoms with Gasteiger partial charge in [-0.1, -0.05) is 75.8 Å². The van der Waals surface area contributed by atoms with E-state index in [2.05, 4.69) is 10.8 Å². The lowest BCUT2D eigenvalue weighted by Gasteiger charge is -2.31. The predicted octanol–water partition coefficient (Wildman–Crippen LogP) is 3.46. The molecule has 3 rings (SSSR count). The third-order valence-corrected chi connectivity index (χ3v) is 7.33. The van der Waals surface area contributed by atoms with Crippen LogP contribution in [0.15, 0.2) is 30.3 Å². The van der Waals surface area contributed by atoms with E-state index in [0.717, 1.165) is 44.1 Å². The molecule has 1 saturated carbocycles. The van der Waals surface area contributed by atoms with Crippen LogP contribution < -0.4 is 16.5 Å². The Hall–Kier alpha value is -2.09. The molecular formula is C27H41N3O4. The van der Waals surface area contributed by atoms with Crippen LogP contribution in [0.4, 0.5) is 0 Å². The number of rotatable bonds is 7. The largest absolute Gasteiger partial charge is 0.355 e. The molecule has 0 bridgehead atoms. The number of hydroxylamine groups is 1. The quantitative estimate of drug-likeness (QED) is 0.319. The zero-order valence-corrected chi connectivity index (χ0v) is 20.5. The second-order valence-electron chi connectivity index (χ2n) is 10.1. The number of amides is 1. The molecule has 2 fully saturated rings. The van der Waals surface area contributed by atoms with Crippen molar-refractivity contribution >= 4 is 17.5 Å². The highest BCUT2D eigenvalue weighted by Crippen LogP contribution is 2.42. The van der Waals surface area contributed by atoms with Gasteiger partial charge in [0.05, 0.1) is 6.61 Å². The number of carbonyl (C=O) groups excluding carboxylic acids is 3. The minimum atomic E-state index is -1.73. The van der Waals surface area contributed by atoms with Crippen molar-refractivity contribution in [3.05, 3.63) is 35.9 Å². The van der Waals surface area contributed by atoms with Gasteiger partial charge in [0.1, 0.15) is 0 Å². The van der Waals surface area contributed by atoms with Crippen molar-refractivity contribution in [2.24, 2.45) is 23.0 Å². The Morgan fingerprint density at radius 3 is 2.47 bits per heavy atom. The molecule has 0 aromatic heterocycles. The Bertz CT molecular complexity index is 815. The van der Waals surface area contributed by atoms with Gasteiger partial charge in [0.25, 0.3) is 0 Å². The van der Waals surface area contributed by atoms with Crippen molar-refractivity contribution < 1.29 is 19.2 Å². The Kier molecular flexibility index (Phi) is 10.2. The van der Waals surface area contributed by atoms with Crippen LogP contribution >= 0.6 is 0 Å². The number of nitrogens with one attached hydrogen (secondary N) is 2. The standard InChI is InChI=1S/C27H41N3O4/c1-20(18-30-34-19-21-12-8-7-9-13-21)16-22-17-24(31)27(25(22)32)23(28)14-10-5-3-2-4-6-11-15-29-26(27)33/h7-9,12-13,20,22-23,30H,2-6,10-11,14-19,28H2,1H3,(H,29,33)/t20?,22-,23?,27?/m1/s1. The molecule has 1 aromatic rings. The van der Waals surface area contributed by atoms with Crippen LogP contribution in [0.3, 0.4) is 0 Å². The molecule has 188 valence electrons. The first-order valence-corrected chi connectivity index (χ1v) is 13.0. The van der Waals surface area contributed by atoms with Gasteiger partial charge in [-0.05, 0) is 30.7 Å². The summed E-state index contributed by atoms with van der Waals surface area (Å²) >= 11 is 0. The average molecular weight is 472 g/mol. The van der Waals surface area contributed by atoms with Crippen LogP contribution in [0.5, 0.6) is 0 Å². The van der Waals surface area contributed by atoms with Crippen LogP contribution in [0.1, 0.15) is 76.7 Å². The number of carbonyl (C=O) groups is 3. The fraction of sp³-hybridized carbons (Fsp3) is 0.667. The molecule has 1 amide bonds. The summed E-state index contributed by atoms with van der Waals surface area (Å²) in [5.74, 6) is -1.45. The van der Waals surface area contributed by atoms with E-state index in [-0.39, 0.29) is 23.9 Å². The fourth-order valence-electron chi connectivity index (χ4n) is 5.33. The van der Waals surface area contributed by atoms with Crippen LogP contribution in [0, 0.1) is 17.3 Å². The molecule has 4 atom stereocenters. The summed E-state index contributed by atoms with van der Waals surface area (Å²) in [6.07, 6.45) is 8.33. The van der Waals surface area contributed by atoms with Gasteiger partial charge < -0.3 is 11.1 Å². The Labute approximate surface area is 203 Å². The highest BCUT2D eigenvalue weighted by atomic mass is 16.6. The SMILES string of the molecule is CC(CNOCc1ccccc1)C[C@@H]1CC(=O)C2(C(=O)NCCCCCCCCCC2N)C1=O. The maximum atomic E-state index is 13.6. The number of ketones is 2. The van der Waals surface area contributed by atoms with Crippen molar-refractivity contribution in [2.45, 2.75) is 83.8 Å². The van der Waals surface area contributed by atoms with E-state index in [9.17, 15) is 14.4 Å². The van der Waals surface area contributed by atoms with E-state index < -0.39 is 23.3 Å². The lowest BCUT2D eigenvalue weighted by atomic mass is 9.73. The number of nitrogens with two attached hydrogens (primary N) is 1. The van der Waals surface area contributed by atoms with Crippen LogP contribution in [-0.4, -0.2) is 36.6 Å². The number of hydrogen-bond acceptors (Lipinski definition) is 6. The molecule has 1 aliphatic carbocycles. The summed E-state index contributed by atoms with van der Waals surface area (Å²) < 4.78 is 0. The smallest absolute Gasteiger partial charge is 0.242 e. The third kappa shape index (κ3) is 6.52. The second-order valence-corrected chi connectivity index (χ2v) is 10.1. The van der Waals surface area contributed by atoms with Crippen LogP contribution in [0.25, 0.3) is 0 Å². The summed E-state index contributed by atoms with van der Waals surface area (Å²) in [4.78, 5) is 45.7. The number of Topliss-reactive ketones (excluding diaryl/α,β-unsaturated/α-hetero) is 2. The third-order valence-electron chi connectivity index (χ3n) is 7.33. The maximum Gasteiger partial charge on any atom is 0.242 e. The summed E-state index contributed by atoms with van der Waals surface area (Å²) in [6.45, 7) is 3.51. The van der Waals surface area contributed by atoms with Crippen molar-refractivity contribution in [3.8, 4) is 0 Å². The van der Waals surface area contributed by atoms with Crippen molar-refractivity contribution in [1.29, 1.82) is 0 Å². The molecule has 3 unspecified atom stereocenters. The highest BCUT2D eigenvalue weighted by Gasteiger charge is 2.62. The van der Waals surface area contributed by atoms with Gasteiger partial charge in [0.15, 0.2) is 17.0 Å². The van der Waals surface area contributed by atoms with E-state index in [4.69, 9.17) is 10.6 Å². The molecular weight excluding hydrogens is 430 g/mol. The van der Waals surface area contributed by atoms with Gasteiger partial charge in [0, 0.05) is 31.5 Å². The Morgan fingerprint density at radius 1 is 1.06 bits per heavy atom. The summed E-state index contributed by atoms with van der Waals surface area (Å²) in [6, 6.07) is 9.11. The van der Waals surface area contributed by atoms with Crippen molar-refractivity contribution in [1.82, 2.24) is 10.8 Å². The highest BCUT2D eigenvalue weighted by molar-refractivity contribution is 6.29. The first kappa shape index (κ1) is 26.5. The van der Waals surface area contributed by atoms with Crippen molar-refractivity contribution in [2.75, 3.05) is 13.1 Å². The topological polar surface area (TPSA) is 111 Å². The zero-order valence-electron chi connectivity index (χ0n) is 20.5. The first-order chi connectivity index (χ1) is 16.5. The Morgan fingerprint density at radius 2 is 1.74 bits per heavy atom. The van der Waals surface area contributed by atoms with E-state index in [1.165, 1.54) is 6.42 Å². The predicted molar refractivity (Wildman–Crippen MR) is 131 cm³/mol. The van der Waals surface area contributed by atoms with E-state index in [1.54, 1.807) is 0 Å². The molecule has 4 N–H and O–H groups in total. The second kappa shape index (κ2) is 13.1. The van der Waals surface area contributed by atoms with Gasteiger partial charge in [-0.3, -0.25) is 19.2 Å². The normalized spacial score (nSPS) is 28.1. The maximum absolute atomic E-state index is 13.6. The molecule has 7 nitrogen and oxygen atoms in total. The number of hydrogen-bond donors (Lipinski definition) is 3. The van der Waals surface area contributed by atoms with Crippen LogP contribution in [-0.2, 0) is 25.8 Å². The summed E-state index contributed by atoms with van der Waals surface area (Å²) in [5.41, 5.74) is 8.79. The average Bonchev–Trinajstić information content (AvgIpc) is 3.08. The molecule has 1 spiro atoms. The molecule has 7 heteroatoms. The first-order valence-electron chi connectivity index (χ1n) is 13.0. The molecule has 1 aromatic carbocycles. The van der Waals surface area contributed by atoms with Crippen molar-refractivity contribution in [3.63, 3.8) is 0 Å². The van der Waals surface area contributed by atoms with Gasteiger partial charge in [-0.25, -0.2) is 5.48 Å². The monoisotopic (exact) mass is 471 g/mol. The van der Waals surface area contributed by atoms with Crippen LogP contribution in [0.2, 0.25) is 0 Å². The zero-order chi connectivity index (χ0) is 24.4. The minimum absolute atomic E-state index is 0.0924. The summed E-state index contributed by atoms with van der Waals surface area (Å²) in [5, 5.41) is 2.88. The van der Waals surface area contributed by atoms with E-state index >= 15 is 0 Å². The minimum Gasteiger partial charge on any atom is -0.355 e. The molecule has 1 heterocycles. The molecule has 1 aliphatic heterocycles. The van der Waals surface area contributed by atoms with Gasteiger partial charge >= 0.3 is 0 Å².